The first kappa shape index (κ1) is 19.9. The first-order valence-corrected chi connectivity index (χ1v) is 9.88. The third kappa shape index (κ3) is 4.01. The van der Waals surface area contributed by atoms with Gasteiger partial charge in [0.2, 0.25) is 0 Å². The Bertz CT molecular complexity index is 882. The summed E-state index contributed by atoms with van der Waals surface area (Å²) in [5.41, 5.74) is 1.43. The van der Waals surface area contributed by atoms with Gasteiger partial charge in [-0.05, 0) is 48.4 Å². The largest absolute Gasteiger partial charge is 0.484 e. The summed E-state index contributed by atoms with van der Waals surface area (Å²) in [6.45, 7) is 3.88. The Morgan fingerprint density at radius 2 is 2.07 bits per heavy atom. The van der Waals surface area contributed by atoms with Gasteiger partial charge in [-0.3, -0.25) is 4.90 Å². The van der Waals surface area contributed by atoms with Crippen LogP contribution in [-0.2, 0) is 9.53 Å². The maximum Gasteiger partial charge on any atom is 0.338 e. The lowest BCUT2D eigenvalue weighted by atomic mass is 9.96. The zero-order valence-electron chi connectivity index (χ0n) is 15.6. The van der Waals surface area contributed by atoms with E-state index in [1.165, 1.54) is 28.4 Å². The minimum atomic E-state index is -0.653. The van der Waals surface area contributed by atoms with Crippen molar-refractivity contribution in [1.82, 2.24) is 10.2 Å². The van der Waals surface area contributed by atoms with Gasteiger partial charge in [0.25, 0.3) is 0 Å². The van der Waals surface area contributed by atoms with Gasteiger partial charge in [0, 0.05) is 6.54 Å². The summed E-state index contributed by atoms with van der Waals surface area (Å²) in [7, 11) is 0. The molecule has 0 spiro atoms. The third-order valence-corrected chi connectivity index (χ3v) is 5.03. The summed E-state index contributed by atoms with van der Waals surface area (Å²) in [5, 5.41) is 6.58. The van der Waals surface area contributed by atoms with Crippen LogP contribution < -0.4 is 10.1 Å². The van der Waals surface area contributed by atoms with Gasteiger partial charge in [0.1, 0.15) is 6.61 Å². The molecule has 3 rings (SSSR count). The molecule has 2 aromatic rings. The number of para-hydroxylation sites is 1. The van der Waals surface area contributed by atoms with E-state index in [4.69, 9.17) is 9.47 Å². The number of esters is 1. The fraction of sp³-hybridized carbons (Fsp3) is 0.300. The predicted octanol–water partition coefficient (Wildman–Crippen LogP) is 3.87. The number of benzene rings is 1. The first-order chi connectivity index (χ1) is 13.6. The average molecular weight is 404 g/mol. The van der Waals surface area contributed by atoms with Crippen LogP contribution in [0.15, 0.2) is 52.4 Å². The summed E-state index contributed by atoms with van der Waals surface area (Å²) < 4.78 is 24.8. The van der Waals surface area contributed by atoms with Crippen molar-refractivity contribution in [2.24, 2.45) is 0 Å². The molecule has 0 aliphatic carbocycles. The second-order valence-electron chi connectivity index (χ2n) is 5.98. The monoisotopic (exact) mass is 404 g/mol. The molecule has 0 unspecified atom stereocenters. The van der Waals surface area contributed by atoms with Gasteiger partial charge in [0.15, 0.2) is 11.6 Å². The van der Waals surface area contributed by atoms with Gasteiger partial charge in [-0.1, -0.05) is 12.1 Å². The van der Waals surface area contributed by atoms with E-state index in [1.54, 1.807) is 26.0 Å². The number of urea groups is 1. The molecule has 2 amide bonds. The Morgan fingerprint density at radius 1 is 1.29 bits per heavy atom. The number of thiophene rings is 1. The lowest BCUT2D eigenvalue weighted by molar-refractivity contribution is -0.139. The maximum absolute atomic E-state index is 14.0. The second kappa shape index (κ2) is 8.88. The topological polar surface area (TPSA) is 67.9 Å². The maximum atomic E-state index is 14.0. The van der Waals surface area contributed by atoms with Gasteiger partial charge in [-0.15, -0.1) is 0 Å². The van der Waals surface area contributed by atoms with Gasteiger partial charge < -0.3 is 14.8 Å². The van der Waals surface area contributed by atoms with Gasteiger partial charge >= 0.3 is 12.0 Å². The Hall–Kier alpha value is -2.87. The van der Waals surface area contributed by atoms with Crippen LogP contribution in [-0.4, -0.2) is 36.7 Å². The molecule has 0 saturated carbocycles. The third-order valence-electron chi connectivity index (χ3n) is 4.33. The Labute approximate surface area is 166 Å². The van der Waals surface area contributed by atoms with Crippen LogP contribution in [0.4, 0.5) is 9.18 Å². The highest BCUT2D eigenvalue weighted by atomic mass is 32.1. The Balaban J connectivity index is 2.04. The molecule has 1 N–H and O–H groups in total. The summed E-state index contributed by atoms with van der Waals surface area (Å²) in [4.78, 5) is 26.8. The molecule has 1 aliphatic rings. The van der Waals surface area contributed by atoms with E-state index in [2.05, 4.69) is 5.32 Å². The summed E-state index contributed by atoms with van der Waals surface area (Å²) >= 11 is 1.46. The zero-order valence-corrected chi connectivity index (χ0v) is 16.4. The number of nitrogens with one attached hydrogen (secondary N) is 1. The quantitative estimate of drug-likeness (QED) is 0.712. The van der Waals surface area contributed by atoms with E-state index in [-0.39, 0.29) is 30.6 Å². The number of ether oxygens (including phenoxy) is 2. The smallest absolute Gasteiger partial charge is 0.338 e. The number of hydrogen-bond donors (Lipinski definition) is 1. The van der Waals surface area contributed by atoms with Crippen molar-refractivity contribution in [3.63, 3.8) is 0 Å². The van der Waals surface area contributed by atoms with Crippen molar-refractivity contribution in [2.45, 2.75) is 19.9 Å². The number of halogens is 1. The molecule has 0 radical (unpaired) electrons. The van der Waals surface area contributed by atoms with E-state index in [0.29, 0.717) is 12.2 Å². The van der Waals surface area contributed by atoms with E-state index >= 15 is 0 Å². The van der Waals surface area contributed by atoms with Crippen molar-refractivity contribution in [2.75, 3.05) is 19.8 Å². The average Bonchev–Trinajstić information content (AvgIpc) is 3.21. The van der Waals surface area contributed by atoms with Crippen LogP contribution in [0.2, 0.25) is 0 Å². The number of carbonyl (C=O) groups excluding carboxylic acids is 2. The highest BCUT2D eigenvalue weighted by molar-refractivity contribution is 7.08. The second-order valence-corrected chi connectivity index (χ2v) is 6.76. The fourth-order valence-electron chi connectivity index (χ4n) is 3.04. The van der Waals surface area contributed by atoms with Crippen molar-refractivity contribution >= 4 is 23.3 Å². The number of likely N-dealkylation sites (N-methyl/N-ethyl adjacent to an activating group) is 1. The molecule has 0 fully saturated rings. The molecule has 1 atom stereocenters. The summed E-state index contributed by atoms with van der Waals surface area (Å²) in [6.07, 6.45) is 0. The number of carbonyl (C=O) groups is 2. The predicted molar refractivity (Wildman–Crippen MR) is 104 cm³/mol. The van der Waals surface area contributed by atoms with Crippen molar-refractivity contribution < 1.29 is 23.5 Å². The SMILES string of the molecule is CCOC(=O)C1=C(COc2ccccc2F)N(CC)C(=O)N[C@@H]1c1ccsc1. The van der Waals surface area contributed by atoms with Crippen LogP contribution >= 0.6 is 11.3 Å². The normalized spacial score (nSPS) is 16.8. The summed E-state index contributed by atoms with van der Waals surface area (Å²) in [6, 6.07) is 6.83. The Kier molecular flexibility index (Phi) is 6.30. The molecule has 1 aliphatic heterocycles. The molecule has 0 saturated heterocycles. The van der Waals surface area contributed by atoms with Crippen LogP contribution in [0.1, 0.15) is 25.5 Å². The van der Waals surface area contributed by atoms with Crippen LogP contribution in [0, 0.1) is 5.82 Å². The van der Waals surface area contributed by atoms with Crippen LogP contribution in [0.25, 0.3) is 0 Å². The number of amides is 2. The van der Waals surface area contributed by atoms with E-state index < -0.39 is 17.8 Å². The number of rotatable bonds is 7. The molecule has 28 heavy (non-hydrogen) atoms. The minimum absolute atomic E-state index is 0.0485. The van der Waals surface area contributed by atoms with Crippen molar-refractivity contribution in [3.8, 4) is 5.75 Å². The highest BCUT2D eigenvalue weighted by Gasteiger charge is 2.38. The van der Waals surface area contributed by atoms with Gasteiger partial charge in [-0.25, -0.2) is 14.0 Å². The molecule has 0 bridgehead atoms. The fourth-order valence-corrected chi connectivity index (χ4v) is 3.73. The van der Waals surface area contributed by atoms with Crippen molar-refractivity contribution in [1.29, 1.82) is 0 Å². The molecule has 148 valence electrons. The lowest BCUT2D eigenvalue weighted by Crippen LogP contribution is -2.49. The van der Waals surface area contributed by atoms with E-state index in [0.717, 1.165) is 5.56 Å². The van der Waals surface area contributed by atoms with E-state index in [9.17, 15) is 14.0 Å². The first-order valence-electron chi connectivity index (χ1n) is 8.94. The Morgan fingerprint density at radius 3 is 2.71 bits per heavy atom. The highest BCUT2D eigenvalue weighted by Crippen LogP contribution is 2.33. The molecule has 1 aromatic carbocycles. The zero-order chi connectivity index (χ0) is 20.1. The molecule has 2 heterocycles. The molecule has 8 heteroatoms. The summed E-state index contributed by atoms with van der Waals surface area (Å²) in [5.74, 6) is -1.00. The molecule has 1 aromatic heterocycles. The molecular weight excluding hydrogens is 383 g/mol. The lowest BCUT2D eigenvalue weighted by Gasteiger charge is -2.35. The van der Waals surface area contributed by atoms with E-state index in [1.807, 2.05) is 16.8 Å². The standard InChI is InChI=1S/C20H21FN2O4S/c1-3-23-15(11-27-16-8-6-5-7-14(16)21)17(19(24)26-4-2)18(22-20(23)25)13-9-10-28-12-13/h5-10,12,18H,3-4,11H2,1-2H3,(H,22,25)/t18-/m1/s1. The van der Waals surface area contributed by atoms with Gasteiger partial charge in [-0.2, -0.15) is 11.3 Å². The van der Waals surface area contributed by atoms with Crippen LogP contribution in [0.5, 0.6) is 5.75 Å². The molecular formula is C20H21FN2O4S. The number of hydrogen-bond acceptors (Lipinski definition) is 5. The molecule has 6 nitrogen and oxygen atoms in total. The minimum Gasteiger partial charge on any atom is -0.484 e. The van der Waals surface area contributed by atoms with Crippen LogP contribution in [0.3, 0.4) is 0 Å². The number of nitrogens with zero attached hydrogens (tertiary/aromatic N) is 1. The van der Waals surface area contributed by atoms with Gasteiger partial charge in [0.05, 0.1) is 23.9 Å². The van der Waals surface area contributed by atoms with Crippen molar-refractivity contribution in [3.05, 3.63) is 63.7 Å².